The Labute approximate surface area is 115 Å². The highest BCUT2D eigenvalue weighted by molar-refractivity contribution is 7.12. The number of nitrogens with one attached hydrogen (secondary N) is 1. The molecule has 0 bridgehead atoms. The molecule has 1 fully saturated rings. The highest BCUT2D eigenvalue weighted by Crippen LogP contribution is 2.27. The standard InChI is InChI=1S/C15H26N2S/c1-4-14-8-9-15(18-14)12(2)17(3)11-13-7-5-6-10-16-13/h8-9,12-13,16H,4-7,10-11H2,1-3H3. The van der Waals surface area contributed by atoms with Gasteiger partial charge in [0.2, 0.25) is 0 Å². The molecule has 0 spiro atoms. The Hall–Kier alpha value is -0.380. The molecule has 3 heteroatoms. The first-order valence-corrected chi connectivity index (χ1v) is 8.04. The van der Waals surface area contributed by atoms with Crippen LogP contribution in [-0.4, -0.2) is 31.1 Å². The molecule has 1 aliphatic heterocycles. The smallest absolute Gasteiger partial charge is 0.0411 e. The summed E-state index contributed by atoms with van der Waals surface area (Å²) < 4.78 is 0. The van der Waals surface area contributed by atoms with Crippen LogP contribution in [0.3, 0.4) is 0 Å². The first-order chi connectivity index (χ1) is 8.70. The first-order valence-electron chi connectivity index (χ1n) is 7.23. The highest BCUT2D eigenvalue weighted by Gasteiger charge is 2.19. The average Bonchev–Trinajstić information content (AvgIpc) is 2.87. The fraction of sp³-hybridized carbons (Fsp3) is 0.733. The van der Waals surface area contributed by atoms with E-state index in [-0.39, 0.29) is 0 Å². The average molecular weight is 266 g/mol. The highest BCUT2D eigenvalue weighted by atomic mass is 32.1. The van der Waals surface area contributed by atoms with Crippen molar-refractivity contribution in [1.29, 1.82) is 0 Å². The van der Waals surface area contributed by atoms with Crippen LogP contribution in [-0.2, 0) is 6.42 Å². The zero-order valence-electron chi connectivity index (χ0n) is 11.9. The zero-order valence-corrected chi connectivity index (χ0v) is 12.7. The molecular weight excluding hydrogens is 240 g/mol. The molecule has 18 heavy (non-hydrogen) atoms. The first kappa shape index (κ1) is 14.0. The van der Waals surface area contributed by atoms with Crippen LogP contribution in [0.4, 0.5) is 0 Å². The van der Waals surface area contributed by atoms with Crippen molar-refractivity contribution in [1.82, 2.24) is 10.2 Å². The molecule has 2 heterocycles. The third-order valence-electron chi connectivity index (χ3n) is 4.02. The van der Waals surface area contributed by atoms with Crippen molar-refractivity contribution in [2.24, 2.45) is 0 Å². The molecule has 0 aliphatic carbocycles. The van der Waals surface area contributed by atoms with Gasteiger partial charge in [-0.25, -0.2) is 0 Å². The van der Waals surface area contributed by atoms with Crippen molar-refractivity contribution in [3.05, 3.63) is 21.9 Å². The normalized spacial score (nSPS) is 22.3. The van der Waals surface area contributed by atoms with Crippen LogP contribution in [0, 0.1) is 0 Å². The summed E-state index contributed by atoms with van der Waals surface area (Å²) in [6, 6.07) is 5.82. The zero-order chi connectivity index (χ0) is 13.0. The summed E-state index contributed by atoms with van der Waals surface area (Å²) in [5.41, 5.74) is 0. The summed E-state index contributed by atoms with van der Waals surface area (Å²) in [5, 5.41) is 3.63. The second kappa shape index (κ2) is 6.69. The van der Waals surface area contributed by atoms with Gasteiger partial charge < -0.3 is 5.32 Å². The van der Waals surface area contributed by atoms with E-state index in [1.165, 1.54) is 42.1 Å². The largest absolute Gasteiger partial charge is 0.313 e. The molecule has 2 nitrogen and oxygen atoms in total. The lowest BCUT2D eigenvalue weighted by atomic mass is 10.0. The molecule has 1 N–H and O–H groups in total. The Kier molecular flexibility index (Phi) is 5.22. The maximum atomic E-state index is 3.63. The van der Waals surface area contributed by atoms with Gasteiger partial charge in [0.15, 0.2) is 0 Å². The minimum absolute atomic E-state index is 0.541. The maximum absolute atomic E-state index is 3.63. The second-order valence-corrected chi connectivity index (χ2v) is 6.62. The molecule has 1 aromatic rings. The van der Waals surface area contributed by atoms with E-state index in [1.54, 1.807) is 0 Å². The van der Waals surface area contributed by atoms with Gasteiger partial charge in [0.05, 0.1) is 0 Å². The minimum atomic E-state index is 0.541. The van der Waals surface area contributed by atoms with Crippen LogP contribution < -0.4 is 5.32 Å². The molecule has 2 unspecified atom stereocenters. The van der Waals surface area contributed by atoms with Crippen molar-refractivity contribution < 1.29 is 0 Å². The van der Waals surface area contributed by atoms with Crippen molar-refractivity contribution >= 4 is 11.3 Å². The van der Waals surface area contributed by atoms with E-state index in [0.29, 0.717) is 12.1 Å². The van der Waals surface area contributed by atoms with Crippen LogP contribution >= 0.6 is 11.3 Å². The predicted octanol–water partition coefficient (Wildman–Crippen LogP) is 3.45. The number of nitrogens with zero attached hydrogens (tertiary/aromatic N) is 1. The molecule has 102 valence electrons. The lowest BCUT2D eigenvalue weighted by Crippen LogP contribution is -2.42. The van der Waals surface area contributed by atoms with Gasteiger partial charge in [0.25, 0.3) is 0 Å². The quantitative estimate of drug-likeness (QED) is 0.878. The molecule has 0 aromatic carbocycles. The van der Waals surface area contributed by atoms with E-state index in [2.05, 4.69) is 43.2 Å². The molecule has 1 aromatic heterocycles. The number of rotatable bonds is 5. The SMILES string of the molecule is CCc1ccc(C(C)N(C)CC2CCCCN2)s1. The summed E-state index contributed by atoms with van der Waals surface area (Å²) >= 11 is 1.97. The summed E-state index contributed by atoms with van der Waals surface area (Å²) in [4.78, 5) is 5.50. The molecule has 0 radical (unpaired) electrons. The predicted molar refractivity (Wildman–Crippen MR) is 80.4 cm³/mol. The van der Waals surface area contributed by atoms with Crippen LogP contribution in [0.2, 0.25) is 0 Å². The van der Waals surface area contributed by atoms with E-state index in [0.717, 1.165) is 6.42 Å². The fourth-order valence-corrected chi connectivity index (χ4v) is 3.68. The van der Waals surface area contributed by atoms with Gasteiger partial charge in [0, 0.05) is 28.4 Å². The summed E-state index contributed by atoms with van der Waals surface area (Å²) in [7, 11) is 2.26. The van der Waals surface area contributed by atoms with Gasteiger partial charge in [-0.05, 0) is 51.9 Å². The van der Waals surface area contributed by atoms with E-state index >= 15 is 0 Å². The summed E-state index contributed by atoms with van der Waals surface area (Å²) in [5.74, 6) is 0. The summed E-state index contributed by atoms with van der Waals surface area (Å²) in [6.07, 6.45) is 5.23. The van der Waals surface area contributed by atoms with E-state index in [1.807, 2.05) is 11.3 Å². The third kappa shape index (κ3) is 3.56. The van der Waals surface area contributed by atoms with Crippen molar-refractivity contribution in [2.75, 3.05) is 20.1 Å². The minimum Gasteiger partial charge on any atom is -0.313 e. The number of piperidine rings is 1. The number of likely N-dealkylation sites (N-methyl/N-ethyl adjacent to an activating group) is 1. The molecule has 1 saturated heterocycles. The molecule has 0 saturated carbocycles. The molecular formula is C15H26N2S. The van der Waals surface area contributed by atoms with Crippen molar-refractivity contribution in [3.63, 3.8) is 0 Å². The molecule has 2 rings (SSSR count). The van der Waals surface area contributed by atoms with Gasteiger partial charge >= 0.3 is 0 Å². The number of hydrogen-bond donors (Lipinski definition) is 1. The second-order valence-electron chi connectivity index (χ2n) is 5.42. The Morgan fingerprint density at radius 1 is 1.44 bits per heavy atom. The summed E-state index contributed by atoms with van der Waals surface area (Å²) in [6.45, 7) is 6.93. The lowest BCUT2D eigenvalue weighted by molar-refractivity contribution is 0.217. The third-order valence-corrected chi connectivity index (χ3v) is 5.42. The van der Waals surface area contributed by atoms with Gasteiger partial charge in [0.1, 0.15) is 0 Å². The van der Waals surface area contributed by atoms with Crippen LogP contribution in [0.1, 0.15) is 48.9 Å². The van der Waals surface area contributed by atoms with Crippen LogP contribution in [0.5, 0.6) is 0 Å². The molecule has 1 aliphatic rings. The van der Waals surface area contributed by atoms with Gasteiger partial charge in [-0.15, -0.1) is 11.3 Å². The Bertz CT molecular complexity index is 355. The Balaban J connectivity index is 1.88. The van der Waals surface area contributed by atoms with E-state index in [9.17, 15) is 0 Å². The van der Waals surface area contributed by atoms with Gasteiger partial charge in [-0.2, -0.15) is 0 Å². The number of thiophene rings is 1. The Morgan fingerprint density at radius 3 is 2.89 bits per heavy atom. The van der Waals surface area contributed by atoms with E-state index < -0.39 is 0 Å². The molecule has 0 amide bonds. The van der Waals surface area contributed by atoms with Crippen molar-refractivity contribution in [2.45, 2.75) is 51.6 Å². The topological polar surface area (TPSA) is 15.3 Å². The van der Waals surface area contributed by atoms with Crippen molar-refractivity contribution in [3.8, 4) is 0 Å². The van der Waals surface area contributed by atoms with Crippen LogP contribution in [0.25, 0.3) is 0 Å². The molecule has 2 atom stereocenters. The van der Waals surface area contributed by atoms with Gasteiger partial charge in [-0.3, -0.25) is 4.90 Å². The lowest BCUT2D eigenvalue weighted by Gasteiger charge is -2.31. The monoisotopic (exact) mass is 266 g/mol. The Morgan fingerprint density at radius 2 is 2.28 bits per heavy atom. The maximum Gasteiger partial charge on any atom is 0.0411 e. The van der Waals surface area contributed by atoms with E-state index in [4.69, 9.17) is 0 Å². The van der Waals surface area contributed by atoms with Crippen LogP contribution in [0.15, 0.2) is 12.1 Å². The number of aryl methyl sites for hydroxylation is 1. The number of hydrogen-bond acceptors (Lipinski definition) is 3. The van der Waals surface area contributed by atoms with Gasteiger partial charge in [-0.1, -0.05) is 13.3 Å². The fourth-order valence-electron chi connectivity index (χ4n) is 2.61.